The Bertz CT molecular complexity index is 1260. The highest BCUT2D eigenvalue weighted by atomic mass is 32.1. The average Bonchev–Trinajstić information content (AvgIpc) is 3.21. The molecule has 1 amide bonds. The summed E-state index contributed by atoms with van der Waals surface area (Å²) in [6.45, 7) is 4.21. The van der Waals surface area contributed by atoms with Gasteiger partial charge in [0, 0.05) is 18.9 Å². The van der Waals surface area contributed by atoms with Crippen LogP contribution in [0.25, 0.3) is 10.1 Å². The smallest absolute Gasteiger partial charge is 0.338 e. The fourth-order valence-corrected chi connectivity index (χ4v) is 4.60. The van der Waals surface area contributed by atoms with E-state index in [9.17, 15) is 9.59 Å². The van der Waals surface area contributed by atoms with Gasteiger partial charge in [0.1, 0.15) is 6.61 Å². The van der Waals surface area contributed by atoms with Gasteiger partial charge >= 0.3 is 5.97 Å². The highest BCUT2D eigenvalue weighted by Gasteiger charge is 2.20. The van der Waals surface area contributed by atoms with Crippen molar-refractivity contribution >= 4 is 38.3 Å². The predicted octanol–water partition coefficient (Wildman–Crippen LogP) is 4.95. The maximum atomic E-state index is 12.9. The highest BCUT2D eigenvalue weighted by molar-refractivity contribution is 7.22. The summed E-state index contributed by atoms with van der Waals surface area (Å²) in [7, 11) is 0. The molecule has 2 aromatic carbocycles. The number of benzene rings is 2. The third-order valence-corrected chi connectivity index (χ3v) is 6.48. The number of amides is 1. The topological polar surface area (TPSA) is 94.3 Å². The summed E-state index contributed by atoms with van der Waals surface area (Å²) < 4.78 is 6.48. The monoisotopic (exact) mass is 459 g/mol. The Hall–Kier alpha value is -3.55. The van der Waals surface area contributed by atoms with E-state index < -0.39 is 5.92 Å². The van der Waals surface area contributed by atoms with Gasteiger partial charge in [-0.05, 0) is 54.1 Å². The number of fused-ring (bicyclic) bond motifs is 1. The first kappa shape index (κ1) is 22.6. The van der Waals surface area contributed by atoms with E-state index in [0.717, 1.165) is 37.3 Å². The molecule has 1 atom stereocenters. The van der Waals surface area contributed by atoms with E-state index in [4.69, 9.17) is 10.5 Å². The zero-order valence-electron chi connectivity index (χ0n) is 18.5. The number of nitrogens with zero attached hydrogens (tertiary/aromatic N) is 1. The van der Waals surface area contributed by atoms with Gasteiger partial charge < -0.3 is 15.8 Å². The number of anilines is 1. The summed E-state index contributed by atoms with van der Waals surface area (Å²) in [5.41, 5.74) is 10.1. The second kappa shape index (κ2) is 9.94. The van der Waals surface area contributed by atoms with Crippen molar-refractivity contribution in [1.29, 1.82) is 0 Å². The van der Waals surface area contributed by atoms with Crippen LogP contribution < -0.4 is 11.1 Å². The lowest BCUT2D eigenvalue weighted by Crippen LogP contribution is -2.27. The molecule has 0 bridgehead atoms. The number of esters is 1. The molecule has 2 aromatic heterocycles. The molecule has 4 aromatic rings. The van der Waals surface area contributed by atoms with Crippen molar-refractivity contribution in [2.24, 2.45) is 5.73 Å². The maximum absolute atomic E-state index is 12.9. The van der Waals surface area contributed by atoms with Crippen LogP contribution in [0.3, 0.4) is 0 Å². The SMILES string of the molecule is Cc1ccc(C(=O)OCc2ccc([C@@H](CN)C(=O)Nc3cc4ccncc4s3)cc2)c(C)c1. The van der Waals surface area contributed by atoms with Crippen molar-refractivity contribution in [3.8, 4) is 0 Å². The molecule has 33 heavy (non-hydrogen) atoms. The Morgan fingerprint density at radius 2 is 1.88 bits per heavy atom. The van der Waals surface area contributed by atoms with E-state index in [-0.39, 0.29) is 25.0 Å². The molecule has 6 nitrogen and oxygen atoms in total. The Labute approximate surface area is 196 Å². The molecule has 0 aliphatic heterocycles. The molecule has 2 heterocycles. The Kier molecular flexibility index (Phi) is 6.82. The highest BCUT2D eigenvalue weighted by Crippen LogP contribution is 2.30. The minimum Gasteiger partial charge on any atom is -0.457 e. The number of thiophene rings is 1. The molecular formula is C26H25N3O3S. The van der Waals surface area contributed by atoms with Gasteiger partial charge in [-0.1, -0.05) is 42.0 Å². The van der Waals surface area contributed by atoms with Crippen LogP contribution in [0.15, 0.2) is 67.0 Å². The molecule has 0 unspecified atom stereocenters. The van der Waals surface area contributed by atoms with Crippen LogP contribution in [0.4, 0.5) is 5.00 Å². The van der Waals surface area contributed by atoms with E-state index in [1.54, 1.807) is 18.5 Å². The molecule has 0 aliphatic carbocycles. The first-order chi connectivity index (χ1) is 15.9. The van der Waals surface area contributed by atoms with E-state index >= 15 is 0 Å². The van der Waals surface area contributed by atoms with Crippen molar-refractivity contribution in [3.05, 3.63) is 94.8 Å². The number of carbonyl (C=O) groups is 2. The zero-order valence-corrected chi connectivity index (χ0v) is 19.3. The van der Waals surface area contributed by atoms with Crippen molar-refractivity contribution in [2.75, 3.05) is 11.9 Å². The molecule has 0 spiro atoms. The quantitative estimate of drug-likeness (QED) is 0.381. The number of aromatic nitrogens is 1. The van der Waals surface area contributed by atoms with Crippen molar-refractivity contribution in [2.45, 2.75) is 26.4 Å². The third kappa shape index (κ3) is 5.27. The number of carbonyl (C=O) groups excluding carboxylic acids is 2. The van der Waals surface area contributed by atoms with Crippen LogP contribution in [-0.4, -0.2) is 23.4 Å². The molecule has 0 aliphatic rings. The lowest BCUT2D eigenvalue weighted by atomic mass is 9.97. The van der Waals surface area contributed by atoms with Crippen molar-refractivity contribution in [3.63, 3.8) is 0 Å². The molecule has 0 radical (unpaired) electrons. The van der Waals surface area contributed by atoms with E-state index in [1.807, 2.05) is 62.4 Å². The maximum Gasteiger partial charge on any atom is 0.338 e. The number of hydrogen-bond acceptors (Lipinski definition) is 6. The van der Waals surface area contributed by atoms with E-state index in [0.29, 0.717) is 5.56 Å². The Morgan fingerprint density at radius 1 is 1.09 bits per heavy atom. The van der Waals surface area contributed by atoms with Gasteiger partial charge in [-0.2, -0.15) is 0 Å². The van der Waals surface area contributed by atoms with E-state index in [1.165, 1.54) is 11.3 Å². The van der Waals surface area contributed by atoms with Crippen LogP contribution in [0.5, 0.6) is 0 Å². The van der Waals surface area contributed by atoms with Crippen LogP contribution in [0, 0.1) is 13.8 Å². The zero-order chi connectivity index (χ0) is 23.4. The van der Waals surface area contributed by atoms with Gasteiger partial charge in [-0.3, -0.25) is 9.78 Å². The summed E-state index contributed by atoms with van der Waals surface area (Å²) in [5.74, 6) is -1.000. The number of pyridine rings is 1. The first-order valence-electron chi connectivity index (χ1n) is 10.6. The van der Waals surface area contributed by atoms with Crippen LogP contribution in [0.2, 0.25) is 0 Å². The Balaban J connectivity index is 1.39. The van der Waals surface area contributed by atoms with Crippen LogP contribution in [0.1, 0.15) is 38.5 Å². The number of aryl methyl sites for hydroxylation is 2. The molecule has 3 N–H and O–H groups in total. The van der Waals surface area contributed by atoms with Crippen molar-refractivity contribution < 1.29 is 14.3 Å². The number of nitrogens with two attached hydrogens (primary N) is 1. The molecule has 7 heteroatoms. The van der Waals surface area contributed by atoms with Gasteiger partial charge in [0.25, 0.3) is 0 Å². The Morgan fingerprint density at radius 3 is 2.58 bits per heavy atom. The normalized spacial score (nSPS) is 11.8. The van der Waals surface area contributed by atoms with Gasteiger partial charge in [0.15, 0.2) is 0 Å². The first-order valence-corrected chi connectivity index (χ1v) is 11.4. The standard InChI is InChI=1S/C26H25N3O3S/c1-16-3-8-21(17(2)11-16)26(31)32-15-18-4-6-19(7-5-18)22(13-27)25(30)29-24-12-20-9-10-28-14-23(20)33-24/h3-12,14,22H,13,15,27H2,1-2H3,(H,29,30)/t22-/m1/s1. The van der Waals surface area contributed by atoms with Gasteiger partial charge in [0.05, 0.1) is 21.2 Å². The summed E-state index contributed by atoms with van der Waals surface area (Å²) in [6.07, 6.45) is 3.51. The summed E-state index contributed by atoms with van der Waals surface area (Å²) in [4.78, 5) is 29.4. The molecule has 0 fully saturated rings. The summed E-state index contributed by atoms with van der Waals surface area (Å²) in [6, 6.07) is 16.9. The average molecular weight is 460 g/mol. The molecule has 0 saturated carbocycles. The third-order valence-electron chi connectivity index (χ3n) is 5.48. The van der Waals surface area contributed by atoms with Gasteiger partial charge in [-0.15, -0.1) is 11.3 Å². The lowest BCUT2D eigenvalue weighted by molar-refractivity contribution is -0.117. The molecule has 4 rings (SSSR count). The number of nitrogens with one attached hydrogen (secondary N) is 1. The van der Waals surface area contributed by atoms with Crippen LogP contribution in [-0.2, 0) is 16.1 Å². The van der Waals surface area contributed by atoms with Gasteiger partial charge in [-0.25, -0.2) is 4.79 Å². The number of rotatable bonds is 7. The minimum absolute atomic E-state index is 0.155. The fourth-order valence-electron chi connectivity index (χ4n) is 3.66. The molecular weight excluding hydrogens is 434 g/mol. The lowest BCUT2D eigenvalue weighted by Gasteiger charge is -2.15. The molecule has 168 valence electrons. The predicted molar refractivity (Wildman–Crippen MR) is 132 cm³/mol. The second-order valence-corrected chi connectivity index (χ2v) is 9.02. The largest absolute Gasteiger partial charge is 0.457 e. The number of ether oxygens (including phenoxy) is 1. The fraction of sp³-hybridized carbons (Fsp3) is 0.192. The summed E-state index contributed by atoms with van der Waals surface area (Å²) in [5, 5.41) is 4.76. The number of hydrogen-bond donors (Lipinski definition) is 2. The molecule has 0 saturated heterocycles. The minimum atomic E-state index is -0.486. The van der Waals surface area contributed by atoms with Crippen molar-refractivity contribution in [1.82, 2.24) is 4.98 Å². The van der Waals surface area contributed by atoms with Crippen LogP contribution >= 0.6 is 11.3 Å². The van der Waals surface area contributed by atoms with E-state index in [2.05, 4.69) is 10.3 Å². The summed E-state index contributed by atoms with van der Waals surface area (Å²) >= 11 is 1.48. The van der Waals surface area contributed by atoms with Gasteiger partial charge in [0.2, 0.25) is 5.91 Å². The second-order valence-electron chi connectivity index (χ2n) is 7.94.